The third-order valence-electron chi connectivity index (χ3n) is 2.62. The standard InChI is InChI=1S/C11H18N4S/c12-10-1-2-11(14-9-10)13-3-4-15-5-7-16-8-6-15/h1-2,9H,3-8,12H2,(H,13,14). The molecular formula is C11H18N4S. The molecule has 0 aliphatic carbocycles. The van der Waals surface area contributed by atoms with E-state index >= 15 is 0 Å². The Balaban J connectivity index is 1.69. The summed E-state index contributed by atoms with van der Waals surface area (Å²) in [4.78, 5) is 6.69. The molecule has 0 spiro atoms. The van der Waals surface area contributed by atoms with E-state index in [-0.39, 0.29) is 0 Å². The van der Waals surface area contributed by atoms with Crippen LogP contribution in [0.15, 0.2) is 18.3 Å². The molecule has 2 rings (SSSR count). The molecule has 0 amide bonds. The molecule has 2 heterocycles. The van der Waals surface area contributed by atoms with Crippen molar-refractivity contribution in [1.29, 1.82) is 0 Å². The van der Waals surface area contributed by atoms with Crippen molar-refractivity contribution in [3.8, 4) is 0 Å². The van der Waals surface area contributed by atoms with Gasteiger partial charge in [0.15, 0.2) is 0 Å². The minimum Gasteiger partial charge on any atom is -0.397 e. The van der Waals surface area contributed by atoms with E-state index in [2.05, 4.69) is 15.2 Å². The number of hydrogen-bond donors (Lipinski definition) is 2. The van der Waals surface area contributed by atoms with Crippen molar-refractivity contribution < 1.29 is 0 Å². The molecule has 1 aliphatic rings. The average Bonchev–Trinajstić information content (AvgIpc) is 2.33. The Morgan fingerprint density at radius 3 is 2.88 bits per heavy atom. The van der Waals surface area contributed by atoms with E-state index in [1.165, 1.54) is 24.6 Å². The molecule has 0 aromatic carbocycles. The zero-order valence-electron chi connectivity index (χ0n) is 9.35. The predicted molar refractivity (Wildman–Crippen MR) is 70.9 cm³/mol. The highest BCUT2D eigenvalue weighted by atomic mass is 32.2. The molecule has 0 unspecified atom stereocenters. The number of nitrogens with two attached hydrogens (primary N) is 1. The number of anilines is 2. The minimum absolute atomic E-state index is 0.707. The molecule has 3 N–H and O–H groups in total. The SMILES string of the molecule is Nc1ccc(NCCN2CCSCC2)nc1. The van der Waals surface area contributed by atoms with Gasteiger partial charge in [0.2, 0.25) is 0 Å². The number of nitrogens with one attached hydrogen (secondary N) is 1. The lowest BCUT2D eigenvalue weighted by molar-refractivity contribution is 0.314. The molecule has 0 atom stereocenters. The van der Waals surface area contributed by atoms with Crippen LogP contribution in [0.1, 0.15) is 0 Å². The number of thioether (sulfide) groups is 1. The van der Waals surface area contributed by atoms with Gasteiger partial charge in [0.25, 0.3) is 0 Å². The third-order valence-corrected chi connectivity index (χ3v) is 3.57. The summed E-state index contributed by atoms with van der Waals surface area (Å²) in [5, 5.41) is 3.30. The smallest absolute Gasteiger partial charge is 0.126 e. The minimum atomic E-state index is 0.707. The Morgan fingerprint density at radius 1 is 1.38 bits per heavy atom. The number of nitrogen functional groups attached to an aromatic ring is 1. The van der Waals surface area contributed by atoms with Gasteiger partial charge in [0, 0.05) is 37.7 Å². The topological polar surface area (TPSA) is 54.2 Å². The fraction of sp³-hybridized carbons (Fsp3) is 0.545. The van der Waals surface area contributed by atoms with Gasteiger partial charge < -0.3 is 11.1 Å². The summed E-state index contributed by atoms with van der Waals surface area (Å²) in [5.41, 5.74) is 6.28. The third kappa shape index (κ3) is 3.57. The molecule has 0 bridgehead atoms. The second kappa shape index (κ2) is 5.96. The van der Waals surface area contributed by atoms with Crippen LogP contribution >= 0.6 is 11.8 Å². The van der Waals surface area contributed by atoms with Crippen LogP contribution in [0.5, 0.6) is 0 Å². The number of aromatic nitrogens is 1. The zero-order valence-corrected chi connectivity index (χ0v) is 10.2. The first-order chi connectivity index (χ1) is 7.84. The Morgan fingerprint density at radius 2 is 2.19 bits per heavy atom. The predicted octanol–water partition coefficient (Wildman–Crippen LogP) is 1.12. The summed E-state index contributed by atoms with van der Waals surface area (Å²) in [6.07, 6.45) is 1.68. The molecule has 1 aromatic rings. The normalized spacial score (nSPS) is 17.2. The fourth-order valence-corrected chi connectivity index (χ4v) is 2.66. The Bertz CT molecular complexity index is 308. The van der Waals surface area contributed by atoms with Crippen molar-refractivity contribution in [3.63, 3.8) is 0 Å². The van der Waals surface area contributed by atoms with Gasteiger partial charge in [-0.3, -0.25) is 4.90 Å². The summed E-state index contributed by atoms with van der Waals surface area (Å²) in [7, 11) is 0. The van der Waals surface area contributed by atoms with Gasteiger partial charge in [-0.25, -0.2) is 4.98 Å². The molecular weight excluding hydrogens is 220 g/mol. The number of pyridine rings is 1. The number of hydrogen-bond acceptors (Lipinski definition) is 5. The summed E-state index contributed by atoms with van der Waals surface area (Å²) in [6.45, 7) is 4.46. The highest BCUT2D eigenvalue weighted by molar-refractivity contribution is 7.99. The molecule has 1 aromatic heterocycles. The average molecular weight is 238 g/mol. The highest BCUT2D eigenvalue weighted by Gasteiger charge is 2.08. The van der Waals surface area contributed by atoms with Crippen LogP contribution in [0.3, 0.4) is 0 Å². The first-order valence-electron chi connectivity index (χ1n) is 5.60. The van der Waals surface area contributed by atoms with E-state index in [0.717, 1.165) is 18.9 Å². The molecule has 5 heteroatoms. The zero-order chi connectivity index (χ0) is 11.2. The second-order valence-electron chi connectivity index (χ2n) is 3.86. The van der Waals surface area contributed by atoms with Gasteiger partial charge in [-0.15, -0.1) is 0 Å². The van der Waals surface area contributed by atoms with Gasteiger partial charge in [-0.2, -0.15) is 11.8 Å². The van der Waals surface area contributed by atoms with Crippen LogP contribution < -0.4 is 11.1 Å². The van der Waals surface area contributed by atoms with E-state index in [1.807, 2.05) is 23.9 Å². The Kier molecular flexibility index (Phi) is 4.30. The maximum absolute atomic E-state index is 5.57. The number of nitrogens with zero attached hydrogens (tertiary/aromatic N) is 2. The van der Waals surface area contributed by atoms with Gasteiger partial charge in [-0.1, -0.05) is 0 Å². The summed E-state index contributed by atoms with van der Waals surface area (Å²) >= 11 is 2.04. The van der Waals surface area contributed by atoms with E-state index in [9.17, 15) is 0 Å². The molecule has 1 aliphatic heterocycles. The summed E-state index contributed by atoms with van der Waals surface area (Å²) in [5.74, 6) is 3.43. The van der Waals surface area contributed by atoms with Crippen molar-refractivity contribution in [1.82, 2.24) is 9.88 Å². The van der Waals surface area contributed by atoms with Gasteiger partial charge in [0.05, 0.1) is 11.9 Å². The van der Waals surface area contributed by atoms with Crippen LogP contribution in [0, 0.1) is 0 Å². The molecule has 88 valence electrons. The quantitative estimate of drug-likeness (QED) is 0.823. The van der Waals surface area contributed by atoms with Crippen LogP contribution in [0.25, 0.3) is 0 Å². The lowest BCUT2D eigenvalue weighted by atomic mass is 10.4. The van der Waals surface area contributed by atoms with Crippen LogP contribution in [-0.2, 0) is 0 Å². The van der Waals surface area contributed by atoms with Gasteiger partial charge >= 0.3 is 0 Å². The van der Waals surface area contributed by atoms with Gasteiger partial charge in [-0.05, 0) is 12.1 Å². The van der Waals surface area contributed by atoms with Crippen LogP contribution in [-0.4, -0.2) is 47.6 Å². The van der Waals surface area contributed by atoms with E-state index < -0.39 is 0 Å². The first kappa shape index (κ1) is 11.5. The highest BCUT2D eigenvalue weighted by Crippen LogP contribution is 2.09. The maximum Gasteiger partial charge on any atom is 0.126 e. The summed E-state index contributed by atoms with van der Waals surface area (Å²) < 4.78 is 0. The lowest BCUT2D eigenvalue weighted by Gasteiger charge is -2.26. The van der Waals surface area contributed by atoms with Crippen molar-refractivity contribution in [3.05, 3.63) is 18.3 Å². The largest absolute Gasteiger partial charge is 0.397 e. The molecule has 1 fully saturated rings. The Hall–Kier alpha value is -0.940. The van der Waals surface area contributed by atoms with Crippen LogP contribution in [0.4, 0.5) is 11.5 Å². The lowest BCUT2D eigenvalue weighted by Crippen LogP contribution is -2.36. The monoisotopic (exact) mass is 238 g/mol. The first-order valence-corrected chi connectivity index (χ1v) is 6.75. The van der Waals surface area contributed by atoms with Crippen molar-refractivity contribution >= 4 is 23.3 Å². The van der Waals surface area contributed by atoms with E-state index in [0.29, 0.717) is 5.69 Å². The number of rotatable bonds is 4. The molecule has 4 nitrogen and oxygen atoms in total. The van der Waals surface area contributed by atoms with Gasteiger partial charge in [0.1, 0.15) is 5.82 Å². The maximum atomic E-state index is 5.57. The fourth-order valence-electron chi connectivity index (χ4n) is 1.68. The van der Waals surface area contributed by atoms with Crippen LogP contribution in [0.2, 0.25) is 0 Å². The molecule has 1 saturated heterocycles. The van der Waals surface area contributed by atoms with E-state index in [4.69, 9.17) is 5.73 Å². The second-order valence-corrected chi connectivity index (χ2v) is 5.08. The molecule has 0 saturated carbocycles. The Labute approximate surface area is 101 Å². The van der Waals surface area contributed by atoms with Crippen molar-refractivity contribution in [2.75, 3.05) is 48.7 Å². The molecule has 0 radical (unpaired) electrons. The molecule has 16 heavy (non-hydrogen) atoms. The van der Waals surface area contributed by atoms with Crippen molar-refractivity contribution in [2.24, 2.45) is 0 Å². The summed E-state index contributed by atoms with van der Waals surface area (Å²) in [6, 6.07) is 3.79. The van der Waals surface area contributed by atoms with E-state index in [1.54, 1.807) is 6.20 Å². The van der Waals surface area contributed by atoms with Crippen molar-refractivity contribution in [2.45, 2.75) is 0 Å².